The van der Waals surface area contributed by atoms with Crippen molar-refractivity contribution in [2.24, 2.45) is 0 Å². The van der Waals surface area contributed by atoms with Gasteiger partial charge in [-0.1, -0.05) is 87.4 Å². The highest BCUT2D eigenvalue weighted by molar-refractivity contribution is 5.89. The zero-order chi connectivity index (χ0) is 18.5. The van der Waals surface area contributed by atoms with Crippen LogP contribution in [0.4, 0.5) is 0 Å². The second-order valence-corrected chi connectivity index (χ2v) is 7.19. The molecule has 3 aromatic carbocycles. The van der Waals surface area contributed by atoms with Gasteiger partial charge in [0.05, 0.1) is 0 Å². The third-order valence-electron chi connectivity index (χ3n) is 5.43. The summed E-state index contributed by atoms with van der Waals surface area (Å²) in [5, 5.41) is 0. The van der Waals surface area contributed by atoms with Crippen molar-refractivity contribution in [3.63, 3.8) is 0 Å². The van der Waals surface area contributed by atoms with Gasteiger partial charge in [0, 0.05) is 0 Å². The van der Waals surface area contributed by atoms with E-state index < -0.39 is 0 Å². The van der Waals surface area contributed by atoms with E-state index in [-0.39, 0.29) is 0 Å². The van der Waals surface area contributed by atoms with Gasteiger partial charge in [-0.15, -0.1) is 0 Å². The Morgan fingerprint density at radius 3 is 1.50 bits per heavy atom. The van der Waals surface area contributed by atoms with Crippen molar-refractivity contribution in [2.75, 3.05) is 0 Å². The Morgan fingerprint density at radius 2 is 1.00 bits per heavy atom. The van der Waals surface area contributed by atoms with Crippen molar-refractivity contribution in [3.8, 4) is 22.3 Å². The van der Waals surface area contributed by atoms with Gasteiger partial charge in [0.15, 0.2) is 0 Å². The Kier molecular flexibility index (Phi) is 5.93. The van der Waals surface area contributed by atoms with E-state index in [0.29, 0.717) is 0 Å². The van der Waals surface area contributed by atoms with E-state index in [1.54, 1.807) is 11.1 Å². The molecule has 0 nitrogen and oxygen atoms in total. The van der Waals surface area contributed by atoms with E-state index >= 15 is 0 Å². The molecule has 3 aromatic rings. The average molecular weight is 343 g/mol. The fourth-order valence-corrected chi connectivity index (χ4v) is 4.13. The first kappa shape index (κ1) is 18.5. The number of hydrogen-bond donors (Lipinski definition) is 0. The molecule has 0 saturated heterocycles. The van der Waals surface area contributed by atoms with E-state index in [2.05, 4.69) is 88.4 Å². The van der Waals surface area contributed by atoms with Crippen LogP contribution in [0.15, 0.2) is 60.7 Å². The summed E-state index contributed by atoms with van der Waals surface area (Å²) < 4.78 is 0. The second kappa shape index (κ2) is 8.36. The van der Waals surface area contributed by atoms with Crippen molar-refractivity contribution in [2.45, 2.75) is 53.4 Å². The summed E-state index contributed by atoms with van der Waals surface area (Å²) in [5.41, 5.74) is 11.6. The molecular weight excluding hydrogens is 312 g/mol. The Hall–Kier alpha value is -2.34. The third-order valence-corrected chi connectivity index (χ3v) is 5.43. The minimum Gasteiger partial charge on any atom is -0.0651 e. The Morgan fingerprint density at radius 1 is 0.538 bits per heavy atom. The smallest absolute Gasteiger partial charge is 0.00677 e. The van der Waals surface area contributed by atoms with Gasteiger partial charge in [-0.3, -0.25) is 0 Å². The van der Waals surface area contributed by atoms with Crippen LogP contribution in [-0.4, -0.2) is 0 Å². The van der Waals surface area contributed by atoms with Gasteiger partial charge in [0.25, 0.3) is 0 Å². The fraction of sp³-hybridized carbons (Fsp3) is 0.308. The van der Waals surface area contributed by atoms with Crippen LogP contribution >= 0.6 is 0 Å². The Bertz CT molecular complexity index is 858. The average Bonchev–Trinajstić information content (AvgIpc) is 2.68. The lowest BCUT2D eigenvalue weighted by atomic mass is 9.79. The normalized spacial score (nSPS) is 10.9. The molecule has 0 N–H and O–H groups in total. The van der Waals surface area contributed by atoms with Crippen molar-refractivity contribution >= 4 is 0 Å². The van der Waals surface area contributed by atoms with Crippen molar-refractivity contribution in [1.82, 2.24) is 0 Å². The number of rotatable bonds is 6. The molecule has 0 spiro atoms. The van der Waals surface area contributed by atoms with E-state index in [4.69, 9.17) is 0 Å². The molecule has 0 radical (unpaired) electrons. The first-order valence-electron chi connectivity index (χ1n) is 9.94. The molecule has 0 heteroatoms. The molecule has 0 aliphatic heterocycles. The van der Waals surface area contributed by atoms with Gasteiger partial charge in [0.1, 0.15) is 0 Å². The molecule has 0 bridgehead atoms. The Balaban J connectivity index is 2.43. The van der Waals surface area contributed by atoms with Crippen LogP contribution in [0.1, 0.15) is 48.9 Å². The summed E-state index contributed by atoms with van der Waals surface area (Å²) in [7, 11) is 0. The molecule has 0 atom stereocenters. The highest BCUT2D eigenvalue weighted by Crippen LogP contribution is 2.42. The number of benzene rings is 3. The van der Waals surface area contributed by atoms with Gasteiger partial charge in [-0.05, 0) is 71.2 Å². The van der Waals surface area contributed by atoms with Crippen LogP contribution < -0.4 is 0 Å². The highest BCUT2D eigenvalue weighted by Gasteiger charge is 2.20. The summed E-state index contributed by atoms with van der Waals surface area (Å²) in [4.78, 5) is 0. The maximum atomic E-state index is 2.32. The summed E-state index contributed by atoms with van der Waals surface area (Å²) in [6.45, 7) is 9.21. The lowest BCUT2D eigenvalue weighted by molar-refractivity contribution is 0.853. The first-order valence-corrected chi connectivity index (χ1v) is 9.94. The lowest BCUT2D eigenvalue weighted by Crippen LogP contribution is -2.06. The zero-order valence-corrected chi connectivity index (χ0v) is 16.6. The van der Waals surface area contributed by atoms with Crippen LogP contribution in [0.2, 0.25) is 0 Å². The Labute approximate surface area is 158 Å². The summed E-state index contributed by atoms with van der Waals surface area (Å²) in [6, 6.07) is 21.9. The minimum absolute atomic E-state index is 1.14. The minimum atomic E-state index is 1.14. The molecule has 0 heterocycles. The van der Waals surface area contributed by atoms with Crippen LogP contribution in [0.3, 0.4) is 0 Å². The van der Waals surface area contributed by atoms with E-state index in [9.17, 15) is 0 Å². The van der Waals surface area contributed by atoms with Crippen molar-refractivity contribution in [1.29, 1.82) is 0 Å². The molecule has 26 heavy (non-hydrogen) atoms. The standard InChI is InChI=1S/C26H30/c1-5-13-23-19(3)20(4)25(21-15-9-7-10-16-21)26(24(23)14-6-2)22-17-11-8-12-18-22/h7-12,15-18H,5-6,13-14H2,1-4H3. The lowest BCUT2D eigenvalue weighted by Gasteiger charge is -2.25. The van der Waals surface area contributed by atoms with E-state index in [1.807, 2.05) is 0 Å². The molecule has 134 valence electrons. The van der Waals surface area contributed by atoms with Gasteiger partial charge in [-0.2, -0.15) is 0 Å². The fourth-order valence-electron chi connectivity index (χ4n) is 4.13. The topological polar surface area (TPSA) is 0 Å². The molecule has 0 saturated carbocycles. The molecule has 0 aliphatic carbocycles. The summed E-state index contributed by atoms with van der Waals surface area (Å²) in [5.74, 6) is 0. The predicted molar refractivity (Wildman–Crippen MR) is 115 cm³/mol. The SMILES string of the molecule is CCCc1c(C)c(C)c(-c2ccccc2)c(-c2ccccc2)c1CCC. The molecule has 0 aliphatic rings. The maximum Gasteiger partial charge on any atom is -0.00677 e. The molecule has 3 rings (SSSR count). The summed E-state index contributed by atoms with van der Waals surface area (Å²) >= 11 is 0. The molecule has 0 amide bonds. The van der Waals surface area contributed by atoms with Gasteiger partial charge < -0.3 is 0 Å². The van der Waals surface area contributed by atoms with Gasteiger partial charge in [-0.25, -0.2) is 0 Å². The molecule has 0 aromatic heterocycles. The third kappa shape index (κ3) is 3.46. The van der Waals surface area contributed by atoms with Crippen LogP contribution in [0.5, 0.6) is 0 Å². The van der Waals surface area contributed by atoms with Crippen molar-refractivity contribution in [3.05, 3.63) is 82.9 Å². The van der Waals surface area contributed by atoms with E-state index in [1.165, 1.54) is 46.2 Å². The first-order chi connectivity index (χ1) is 12.7. The molecule has 0 fully saturated rings. The zero-order valence-electron chi connectivity index (χ0n) is 16.6. The predicted octanol–water partition coefficient (Wildman–Crippen LogP) is 7.54. The van der Waals surface area contributed by atoms with Crippen molar-refractivity contribution < 1.29 is 0 Å². The largest absolute Gasteiger partial charge is 0.0651 e. The van der Waals surface area contributed by atoms with Crippen LogP contribution in [0.25, 0.3) is 22.3 Å². The second-order valence-electron chi connectivity index (χ2n) is 7.19. The number of hydrogen-bond acceptors (Lipinski definition) is 0. The van der Waals surface area contributed by atoms with Gasteiger partial charge >= 0.3 is 0 Å². The van der Waals surface area contributed by atoms with E-state index in [0.717, 1.165) is 12.8 Å². The summed E-state index contributed by atoms with van der Waals surface area (Å²) in [6.07, 6.45) is 4.67. The maximum absolute atomic E-state index is 2.32. The molecular formula is C26H30. The molecule has 0 unspecified atom stereocenters. The highest BCUT2D eigenvalue weighted by atomic mass is 14.2. The monoisotopic (exact) mass is 342 g/mol. The van der Waals surface area contributed by atoms with Gasteiger partial charge in [0.2, 0.25) is 0 Å². The van der Waals surface area contributed by atoms with Crippen LogP contribution in [0, 0.1) is 13.8 Å². The quantitative estimate of drug-likeness (QED) is 0.434. The van der Waals surface area contributed by atoms with Crippen LogP contribution in [-0.2, 0) is 12.8 Å².